The van der Waals surface area contributed by atoms with Crippen LogP contribution < -0.4 is 0 Å². The van der Waals surface area contributed by atoms with Crippen LogP contribution in [0.3, 0.4) is 0 Å². The lowest BCUT2D eigenvalue weighted by atomic mass is 9.83. The molecule has 0 radical (unpaired) electrons. The van der Waals surface area contributed by atoms with Gasteiger partial charge in [0.25, 0.3) is 0 Å². The fraction of sp³-hybridized carbons (Fsp3) is 0.480. The normalized spacial score (nSPS) is 17.4. The summed E-state index contributed by atoms with van der Waals surface area (Å²) >= 11 is 0. The smallest absolute Gasteiger partial charge is 0.0654 e. The minimum atomic E-state index is -0.848. The molecule has 0 spiro atoms. The van der Waals surface area contributed by atoms with Crippen molar-refractivity contribution in [2.24, 2.45) is 11.8 Å². The standard InChI is InChI=1S/C50H76O4/c1-39(23-17-25-41(3)27-19-29-43(5)31-33-45(49(11,12)53)35-37-47(7,8)51)21-15-16-22-40(2)24-18-26-42(4)28-20-30-44(6)32-34-46(50(13,14)54)36-38-48(9,10)52/h15-34,45-46,51-54H,35-38H2,1-14H3/b16-15+,23-17+,24-18+,27-19+,28-20+,33-31+,34-32+,39-21+,40-22+,41-25+,42-26+,43-29+,44-30+. The summed E-state index contributed by atoms with van der Waals surface area (Å²) in [5, 5.41) is 41.3. The van der Waals surface area contributed by atoms with Crippen molar-refractivity contribution in [3.8, 4) is 0 Å². The second-order valence-corrected chi connectivity index (χ2v) is 17.2. The summed E-state index contributed by atoms with van der Waals surface area (Å²) in [4.78, 5) is 0. The van der Waals surface area contributed by atoms with Crippen molar-refractivity contribution in [3.05, 3.63) is 155 Å². The SMILES string of the molecule is CC(/C=C/C=C(C)/C=C/C=C(C)/C=C/C(CCC(C)(C)O)C(C)(C)O)=C\C=C\C=C(C)\C=C\C=C(C)\C=C\C=C(C)\C=C\C(CCC(C)(C)O)C(C)(C)O. The second-order valence-electron chi connectivity index (χ2n) is 17.2. The molecule has 0 aromatic rings. The average molecular weight is 741 g/mol. The van der Waals surface area contributed by atoms with Crippen molar-refractivity contribution < 1.29 is 20.4 Å². The number of aliphatic hydroxyl groups is 4. The molecule has 0 aliphatic heterocycles. The molecule has 4 N–H and O–H groups in total. The first kappa shape index (κ1) is 50.5. The van der Waals surface area contributed by atoms with Gasteiger partial charge in [-0.25, -0.2) is 0 Å². The van der Waals surface area contributed by atoms with Gasteiger partial charge in [-0.15, -0.1) is 0 Å². The molecule has 0 aliphatic carbocycles. The van der Waals surface area contributed by atoms with Crippen LogP contribution in [0.4, 0.5) is 0 Å². The summed E-state index contributed by atoms with van der Waals surface area (Å²) in [5.41, 5.74) is 3.60. The highest BCUT2D eigenvalue weighted by Gasteiger charge is 2.27. The van der Waals surface area contributed by atoms with E-state index in [-0.39, 0.29) is 11.8 Å². The van der Waals surface area contributed by atoms with E-state index < -0.39 is 22.4 Å². The predicted molar refractivity (Wildman–Crippen MR) is 237 cm³/mol. The van der Waals surface area contributed by atoms with E-state index in [1.165, 1.54) is 0 Å². The van der Waals surface area contributed by atoms with Gasteiger partial charge in [0.05, 0.1) is 22.4 Å². The van der Waals surface area contributed by atoms with Crippen LogP contribution in [0.15, 0.2) is 155 Å². The molecule has 4 heteroatoms. The summed E-state index contributed by atoms with van der Waals surface area (Å²) in [6, 6.07) is 0. The lowest BCUT2D eigenvalue weighted by Gasteiger charge is -2.29. The Bertz CT molecular complexity index is 1410. The Hall–Kier alpha value is -3.54. The highest BCUT2D eigenvalue weighted by molar-refractivity contribution is 5.33. The van der Waals surface area contributed by atoms with Crippen LogP contribution in [-0.2, 0) is 0 Å². The Morgan fingerprint density at radius 2 is 0.593 bits per heavy atom. The molecule has 0 heterocycles. The Kier molecular flexibility index (Phi) is 23.2. The first-order valence-electron chi connectivity index (χ1n) is 19.5. The van der Waals surface area contributed by atoms with E-state index in [0.29, 0.717) is 25.7 Å². The molecule has 0 rings (SSSR count). The Morgan fingerprint density at radius 1 is 0.370 bits per heavy atom. The highest BCUT2D eigenvalue weighted by Crippen LogP contribution is 2.28. The zero-order valence-electron chi connectivity index (χ0n) is 36.3. The van der Waals surface area contributed by atoms with Crippen LogP contribution in [0.1, 0.15) is 123 Å². The topological polar surface area (TPSA) is 80.9 Å². The average Bonchev–Trinajstić information content (AvgIpc) is 3.00. The summed E-state index contributed by atoms with van der Waals surface area (Å²) in [5.74, 6) is -0.0768. The molecule has 0 aromatic heterocycles. The number of rotatable bonds is 22. The quantitative estimate of drug-likeness (QED) is 0.0833. The maximum Gasteiger partial charge on any atom is 0.0654 e. The summed E-state index contributed by atoms with van der Waals surface area (Å²) in [6.45, 7) is 26.9. The largest absolute Gasteiger partial charge is 0.390 e. The van der Waals surface area contributed by atoms with Gasteiger partial charge in [-0.2, -0.15) is 0 Å². The van der Waals surface area contributed by atoms with Crippen LogP contribution in [0.2, 0.25) is 0 Å². The van der Waals surface area contributed by atoms with Crippen LogP contribution >= 0.6 is 0 Å². The fourth-order valence-electron chi connectivity index (χ4n) is 5.08. The van der Waals surface area contributed by atoms with Crippen molar-refractivity contribution in [2.45, 2.75) is 145 Å². The van der Waals surface area contributed by atoms with Crippen LogP contribution in [0.5, 0.6) is 0 Å². The Morgan fingerprint density at radius 3 is 0.815 bits per heavy atom. The number of hydrogen-bond donors (Lipinski definition) is 4. The second kappa shape index (κ2) is 24.8. The molecule has 54 heavy (non-hydrogen) atoms. The van der Waals surface area contributed by atoms with Gasteiger partial charge in [0, 0.05) is 11.8 Å². The molecule has 2 unspecified atom stereocenters. The third-order valence-electron chi connectivity index (χ3n) is 8.83. The fourth-order valence-corrected chi connectivity index (χ4v) is 5.08. The van der Waals surface area contributed by atoms with Crippen molar-refractivity contribution in [1.29, 1.82) is 0 Å². The van der Waals surface area contributed by atoms with Crippen molar-refractivity contribution in [1.82, 2.24) is 0 Å². The molecule has 0 aromatic carbocycles. The van der Waals surface area contributed by atoms with Gasteiger partial charge in [0.2, 0.25) is 0 Å². The third-order valence-corrected chi connectivity index (χ3v) is 8.83. The minimum absolute atomic E-state index is 0.0384. The van der Waals surface area contributed by atoms with E-state index in [4.69, 9.17) is 0 Å². The number of allylic oxidation sites excluding steroid dienone is 24. The lowest BCUT2D eigenvalue weighted by Crippen LogP contribution is -2.31. The van der Waals surface area contributed by atoms with E-state index in [0.717, 1.165) is 33.4 Å². The molecule has 0 bridgehead atoms. The summed E-state index contributed by atoms with van der Waals surface area (Å²) in [6.07, 6.45) is 44.0. The molecule has 0 aliphatic rings. The van der Waals surface area contributed by atoms with Crippen molar-refractivity contribution in [3.63, 3.8) is 0 Å². The molecule has 0 saturated carbocycles. The maximum atomic E-state index is 10.6. The van der Waals surface area contributed by atoms with Gasteiger partial charge < -0.3 is 20.4 Å². The van der Waals surface area contributed by atoms with Crippen LogP contribution in [0.25, 0.3) is 0 Å². The van der Waals surface area contributed by atoms with Gasteiger partial charge in [-0.05, 0) is 123 Å². The van der Waals surface area contributed by atoms with E-state index >= 15 is 0 Å². The molecular weight excluding hydrogens is 665 g/mol. The lowest BCUT2D eigenvalue weighted by molar-refractivity contribution is 0.0131. The molecule has 0 saturated heterocycles. The molecular formula is C50H76O4. The van der Waals surface area contributed by atoms with E-state index in [9.17, 15) is 20.4 Å². The molecule has 0 amide bonds. The van der Waals surface area contributed by atoms with E-state index in [1.54, 1.807) is 27.7 Å². The summed E-state index contributed by atoms with van der Waals surface area (Å²) in [7, 11) is 0. The van der Waals surface area contributed by atoms with Crippen molar-refractivity contribution in [2.75, 3.05) is 0 Å². The zero-order valence-corrected chi connectivity index (χ0v) is 36.3. The maximum absolute atomic E-state index is 10.6. The van der Waals surface area contributed by atoms with Gasteiger partial charge in [0.15, 0.2) is 0 Å². The van der Waals surface area contributed by atoms with E-state index in [2.05, 4.69) is 113 Å². The minimum Gasteiger partial charge on any atom is -0.390 e. The van der Waals surface area contributed by atoms with Gasteiger partial charge in [-0.3, -0.25) is 0 Å². The van der Waals surface area contributed by atoms with Crippen molar-refractivity contribution >= 4 is 0 Å². The molecule has 4 nitrogen and oxygen atoms in total. The van der Waals surface area contributed by atoms with Gasteiger partial charge in [-0.1, -0.05) is 155 Å². The Labute approximate surface area is 331 Å². The monoisotopic (exact) mass is 741 g/mol. The summed E-state index contributed by atoms with van der Waals surface area (Å²) < 4.78 is 0. The number of hydrogen-bond acceptors (Lipinski definition) is 4. The molecule has 2 atom stereocenters. The molecule has 0 fully saturated rings. The third kappa shape index (κ3) is 28.9. The van der Waals surface area contributed by atoms with E-state index in [1.807, 2.05) is 78.0 Å². The Balaban J connectivity index is 5.09. The first-order chi connectivity index (χ1) is 24.8. The predicted octanol–water partition coefficient (Wildman–Crippen LogP) is 12.4. The van der Waals surface area contributed by atoms with Crippen LogP contribution in [0, 0.1) is 11.8 Å². The zero-order chi connectivity index (χ0) is 41.6. The van der Waals surface area contributed by atoms with Crippen LogP contribution in [-0.4, -0.2) is 42.8 Å². The first-order valence-corrected chi connectivity index (χ1v) is 19.5. The molecule has 300 valence electrons. The van der Waals surface area contributed by atoms with Gasteiger partial charge >= 0.3 is 0 Å². The van der Waals surface area contributed by atoms with Gasteiger partial charge in [0.1, 0.15) is 0 Å². The highest BCUT2D eigenvalue weighted by atomic mass is 16.3.